The lowest BCUT2D eigenvalue weighted by Crippen LogP contribution is -1.99. The van der Waals surface area contributed by atoms with Gasteiger partial charge in [0.05, 0.1) is 0 Å². The minimum atomic E-state index is 0.814. The van der Waals surface area contributed by atoms with Gasteiger partial charge < -0.3 is 0 Å². The molecule has 0 aliphatic heterocycles. The summed E-state index contributed by atoms with van der Waals surface area (Å²) >= 11 is 4.18. The second-order valence-corrected chi connectivity index (χ2v) is 9.35. The zero-order valence-corrected chi connectivity index (χ0v) is 20.9. The normalized spacial score (nSPS) is 14.6. The standard InChI is InChI=1S/C29H42S/c1-22(2)9-8-10-23(3)13-16-28-17-19-29(20-18-28)26(6)15-12-24(4)11-14-25(5)27(7)21-30/h11-12,14-15,17-23,30H,5,8-10,13,16H2,1-4,6-7H3/b14-11-,24-12-,26-15+,27-21-. The highest BCUT2D eigenvalue weighted by Crippen LogP contribution is 2.20. The Kier molecular flexibility index (Phi) is 12.5. The fourth-order valence-corrected chi connectivity index (χ4v) is 3.39. The first-order valence-corrected chi connectivity index (χ1v) is 11.9. The molecular weight excluding hydrogens is 380 g/mol. The maximum absolute atomic E-state index is 4.18. The molecule has 164 valence electrons. The largest absolute Gasteiger partial charge is 0.151 e. The molecule has 1 aromatic carbocycles. The topological polar surface area (TPSA) is 0 Å². The predicted octanol–water partition coefficient (Wildman–Crippen LogP) is 9.38. The van der Waals surface area contributed by atoms with Crippen LogP contribution in [0.15, 0.2) is 77.3 Å². The predicted molar refractivity (Wildman–Crippen MR) is 141 cm³/mol. The van der Waals surface area contributed by atoms with Gasteiger partial charge >= 0.3 is 0 Å². The molecule has 1 heteroatoms. The Morgan fingerprint density at radius 2 is 1.60 bits per heavy atom. The molecule has 30 heavy (non-hydrogen) atoms. The van der Waals surface area contributed by atoms with E-state index in [1.165, 1.54) is 54.4 Å². The smallest absolute Gasteiger partial charge is 0.0227 e. The van der Waals surface area contributed by atoms with Gasteiger partial charge in [0.2, 0.25) is 0 Å². The van der Waals surface area contributed by atoms with Gasteiger partial charge in [0, 0.05) is 0 Å². The molecule has 0 radical (unpaired) electrons. The number of hydrogen-bond donors (Lipinski definition) is 1. The quantitative estimate of drug-likeness (QED) is 0.252. The van der Waals surface area contributed by atoms with Gasteiger partial charge in [-0.05, 0) is 78.7 Å². The van der Waals surface area contributed by atoms with Crippen molar-refractivity contribution in [3.63, 3.8) is 0 Å². The summed E-state index contributed by atoms with van der Waals surface area (Å²) in [6.45, 7) is 17.4. The third-order valence-electron chi connectivity index (χ3n) is 5.66. The van der Waals surface area contributed by atoms with Crippen LogP contribution in [0.3, 0.4) is 0 Å². The molecule has 0 aliphatic carbocycles. The van der Waals surface area contributed by atoms with Crippen LogP contribution in [0.1, 0.15) is 78.4 Å². The number of thiol groups is 1. The molecule has 0 aromatic heterocycles. The van der Waals surface area contributed by atoms with E-state index in [0.29, 0.717) is 0 Å². The van der Waals surface area contributed by atoms with Crippen molar-refractivity contribution in [3.05, 3.63) is 88.4 Å². The molecular formula is C29H42S. The third kappa shape index (κ3) is 10.9. The van der Waals surface area contributed by atoms with E-state index in [9.17, 15) is 0 Å². The third-order valence-corrected chi connectivity index (χ3v) is 6.04. The fourth-order valence-electron chi connectivity index (χ4n) is 3.22. The first kappa shape index (κ1) is 26.3. The average molecular weight is 423 g/mol. The number of rotatable bonds is 12. The Morgan fingerprint density at radius 3 is 2.20 bits per heavy atom. The van der Waals surface area contributed by atoms with E-state index in [-0.39, 0.29) is 0 Å². The summed E-state index contributed by atoms with van der Waals surface area (Å²) in [4.78, 5) is 0. The Morgan fingerprint density at radius 1 is 0.933 bits per heavy atom. The minimum Gasteiger partial charge on any atom is -0.151 e. The van der Waals surface area contributed by atoms with Gasteiger partial charge in [0.15, 0.2) is 0 Å². The summed E-state index contributed by atoms with van der Waals surface area (Å²) in [5.41, 5.74) is 7.28. The van der Waals surface area contributed by atoms with Gasteiger partial charge in [-0.1, -0.05) is 101 Å². The van der Waals surface area contributed by atoms with Crippen LogP contribution in [-0.2, 0) is 6.42 Å². The first-order valence-electron chi connectivity index (χ1n) is 11.4. The van der Waals surface area contributed by atoms with Gasteiger partial charge in [-0.3, -0.25) is 0 Å². The fraction of sp³-hybridized carbons (Fsp3) is 0.448. The van der Waals surface area contributed by atoms with E-state index in [1.807, 2.05) is 13.0 Å². The number of benzene rings is 1. The van der Waals surface area contributed by atoms with E-state index in [0.717, 1.165) is 23.0 Å². The van der Waals surface area contributed by atoms with Crippen LogP contribution in [0.4, 0.5) is 0 Å². The second-order valence-electron chi connectivity index (χ2n) is 9.10. The number of hydrogen-bond acceptors (Lipinski definition) is 1. The van der Waals surface area contributed by atoms with E-state index in [4.69, 9.17) is 0 Å². The van der Waals surface area contributed by atoms with Crippen LogP contribution in [-0.4, -0.2) is 0 Å². The zero-order chi connectivity index (χ0) is 22.5. The van der Waals surface area contributed by atoms with Crippen molar-refractivity contribution in [2.45, 2.75) is 73.6 Å². The molecule has 0 aliphatic rings. The van der Waals surface area contributed by atoms with Gasteiger partial charge in [-0.15, -0.1) is 0 Å². The summed E-state index contributed by atoms with van der Waals surface area (Å²) in [5.74, 6) is 1.64. The Bertz CT molecular complexity index is 769. The van der Waals surface area contributed by atoms with Gasteiger partial charge in [-0.25, -0.2) is 0 Å². The van der Waals surface area contributed by atoms with Crippen molar-refractivity contribution < 1.29 is 0 Å². The Labute approximate surface area is 192 Å². The van der Waals surface area contributed by atoms with Crippen LogP contribution in [0.5, 0.6) is 0 Å². The minimum absolute atomic E-state index is 0.814. The van der Waals surface area contributed by atoms with E-state index in [2.05, 4.69) is 96.3 Å². The lowest BCUT2D eigenvalue weighted by atomic mass is 9.94. The van der Waals surface area contributed by atoms with Crippen LogP contribution >= 0.6 is 12.6 Å². The highest BCUT2D eigenvalue weighted by atomic mass is 32.1. The van der Waals surface area contributed by atoms with Crippen molar-refractivity contribution in [1.29, 1.82) is 0 Å². The van der Waals surface area contributed by atoms with Crippen molar-refractivity contribution in [1.82, 2.24) is 0 Å². The van der Waals surface area contributed by atoms with Crippen LogP contribution in [0, 0.1) is 11.8 Å². The summed E-state index contributed by atoms with van der Waals surface area (Å²) in [6.07, 6.45) is 15.0. The van der Waals surface area contributed by atoms with E-state index in [1.54, 1.807) is 5.41 Å². The molecule has 1 unspecified atom stereocenters. The lowest BCUT2D eigenvalue weighted by molar-refractivity contribution is 0.437. The molecule has 0 nitrogen and oxygen atoms in total. The Hall–Kier alpha value is -1.73. The molecule has 0 saturated heterocycles. The molecule has 0 saturated carbocycles. The molecule has 0 bridgehead atoms. The second kappa shape index (κ2) is 14.3. The lowest BCUT2D eigenvalue weighted by Gasteiger charge is -2.12. The number of allylic oxidation sites excluding steroid dienone is 8. The maximum atomic E-state index is 4.18. The summed E-state index contributed by atoms with van der Waals surface area (Å²) in [5, 5.41) is 1.78. The molecule has 1 aromatic rings. The monoisotopic (exact) mass is 422 g/mol. The first-order chi connectivity index (χ1) is 14.2. The molecule has 0 heterocycles. The van der Waals surface area contributed by atoms with E-state index >= 15 is 0 Å². The van der Waals surface area contributed by atoms with Crippen LogP contribution < -0.4 is 0 Å². The van der Waals surface area contributed by atoms with Crippen molar-refractivity contribution in [2.24, 2.45) is 11.8 Å². The van der Waals surface area contributed by atoms with Gasteiger partial charge in [-0.2, -0.15) is 12.6 Å². The van der Waals surface area contributed by atoms with E-state index < -0.39 is 0 Å². The highest BCUT2D eigenvalue weighted by Gasteiger charge is 2.04. The molecule has 1 atom stereocenters. The molecule has 1 rings (SSSR count). The zero-order valence-electron chi connectivity index (χ0n) is 20.0. The number of aryl methyl sites for hydroxylation is 1. The SMILES string of the molecule is C=C(\C=C/C(C)=C\C=C(/C)c1ccc(CCC(C)CCCC(C)C)cc1)/C(C)=C\S. The van der Waals surface area contributed by atoms with Crippen molar-refractivity contribution >= 4 is 18.2 Å². The van der Waals surface area contributed by atoms with Crippen LogP contribution in [0.2, 0.25) is 0 Å². The summed E-state index contributed by atoms with van der Waals surface area (Å²) < 4.78 is 0. The molecule has 0 amide bonds. The highest BCUT2D eigenvalue weighted by molar-refractivity contribution is 7.83. The van der Waals surface area contributed by atoms with Crippen molar-refractivity contribution in [3.8, 4) is 0 Å². The molecule has 0 fully saturated rings. The summed E-state index contributed by atoms with van der Waals surface area (Å²) in [6, 6.07) is 9.10. The van der Waals surface area contributed by atoms with Crippen LogP contribution in [0.25, 0.3) is 5.57 Å². The van der Waals surface area contributed by atoms with Gasteiger partial charge in [0.1, 0.15) is 0 Å². The average Bonchev–Trinajstić information content (AvgIpc) is 2.73. The summed E-state index contributed by atoms with van der Waals surface area (Å²) in [7, 11) is 0. The van der Waals surface area contributed by atoms with Gasteiger partial charge in [0.25, 0.3) is 0 Å². The molecule has 0 spiro atoms. The van der Waals surface area contributed by atoms with Crippen molar-refractivity contribution in [2.75, 3.05) is 0 Å². The molecule has 0 N–H and O–H groups in total. The maximum Gasteiger partial charge on any atom is -0.0227 e. The Balaban J connectivity index is 2.58.